The molecule has 0 amide bonds. The molecule has 0 unspecified atom stereocenters. The first-order valence-corrected chi connectivity index (χ1v) is 8.10. The van der Waals surface area contributed by atoms with Gasteiger partial charge in [-0.15, -0.1) is 11.7 Å². The zero-order valence-electron chi connectivity index (χ0n) is 8.41. The second kappa shape index (κ2) is 4.35. The number of phenols is 1. The van der Waals surface area contributed by atoms with Gasteiger partial charge in [-0.1, -0.05) is 0 Å². The van der Waals surface area contributed by atoms with E-state index in [2.05, 4.69) is 0 Å². The van der Waals surface area contributed by atoms with E-state index in [1.54, 1.807) is 0 Å². The average molecular weight is 340 g/mol. The Morgan fingerprint density at radius 3 is 1.26 bits per heavy atom. The van der Waals surface area contributed by atoms with Gasteiger partial charge in [0.2, 0.25) is 0 Å². The SMILES string of the molecule is O=S(=O)(F)c1cc(S(=O)(=O)F)c(O)c(S(=O)(=O)F)c1. The molecule has 108 valence electrons. The molecule has 1 aromatic rings. The van der Waals surface area contributed by atoms with E-state index in [-0.39, 0.29) is 12.1 Å². The first-order valence-electron chi connectivity index (χ1n) is 3.95. The zero-order chi connectivity index (χ0) is 15.2. The molecule has 0 fully saturated rings. The molecule has 0 spiro atoms. The highest BCUT2D eigenvalue weighted by Gasteiger charge is 2.30. The van der Waals surface area contributed by atoms with Crippen molar-refractivity contribution in [3.8, 4) is 5.75 Å². The molecule has 0 bridgehead atoms. The van der Waals surface area contributed by atoms with Crippen molar-refractivity contribution in [1.29, 1.82) is 0 Å². The van der Waals surface area contributed by atoms with Gasteiger partial charge in [-0.2, -0.15) is 25.3 Å². The van der Waals surface area contributed by atoms with E-state index in [0.717, 1.165) is 0 Å². The maximum absolute atomic E-state index is 12.7. The Morgan fingerprint density at radius 2 is 1.05 bits per heavy atom. The van der Waals surface area contributed by atoms with Crippen molar-refractivity contribution in [3.63, 3.8) is 0 Å². The van der Waals surface area contributed by atoms with Crippen molar-refractivity contribution in [2.24, 2.45) is 0 Å². The molecule has 0 atom stereocenters. The first kappa shape index (κ1) is 15.7. The lowest BCUT2D eigenvalue weighted by molar-refractivity contribution is 0.435. The number of rotatable bonds is 3. The van der Waals surface area contributed by atoms with Crippen LogP contribution in [0.2, 0.25) is 0 Å². The zero-order valence-corrected chi connectivity index (χ0v) is 10.9. The summed E-state index contributed by atoms with van der Waals surface area (Å²) in [4.78, 5) is -5.41. The van der Waals surface area contributed by atoms with Crippen molar-refractivity contribution in [3.05, 3.63) is 12.1 Å². The predicted molar refractivity (Wildman–Crippen MR) is 53.0 cm³/mol. The minimum absolute atomic E-state index is 0.186. The first-order chi connectivity index (χ1) is 8.24. The summed E-state index contributed by atoms with van der Waals surface area (Å²) in [6.07, 6.45) is 0. The third kappa shape index (κ3) is 3.36. The third-order valence-electron chi connectivity index (χ3n) is 1.82. The van der Waals surface area contributed by atoms with Gasteiger partial charge in [0.15, 0.2) is 5.75 Å². The highest BCUT2D eigenvalue weighted by molar-refractivity contribution is 7.88. The molecule has 7 nitrogen and oxygen atoms in total. The van der Waals surface area contributed by atoms with E-state index in [1.807, 2.05) is 0 Å². The van der Waals surface area contributed by atoms with Crippen molar-refractivity contribution in [2.75, 3.05) is 0 Å². The summed E-state index contributed by atoms with van der Waals surface area (Å²) < 4.78 is 101. The maximum atomic E-state index is 12.7. The van der Waals surface area contributed by atoms with Gasteiger partial charge in [0.05, 0.1) is 0 Å². The van der Waals surface area contributed by atoms with Crippen molar-refractivity contribution in [2.45, 2.75) is 14.7 Å². The van der Waals surface area contributed by atoms with Crippen LogP contribution in [0.15, 0.2) is 26.8 Å². The van der Waals surface area contributed by atoms with E-state index < -0.39 is 51.1 Å². The van der Waals surface area contributed by atoms with Gasteiger partial charge in [-0.05, 0) is 12.1 Å². The molecule has 13 heteroatoms. The Bertz CT molecular complexity index is 785. The minimum Gasteiger partial charge on any atom is -0.505 e. The van der Waals surface area contributed by atoms with Crippen LogP contribution in [-0.4, -0.2) is 30.4 Å². The van der Waals surface area contributed by atoms with Gasteiger partial charge in [-0.25, -0.2) is 0 Å². The lowest BCUT2D eigenvalue weighted by Gasteiger charge is -2.05. The lowest BCUT2D eigenvalue weighted by atomic mass is 10.3. The normalized spacial score (nSPS) is 13.4. The summed E-state index contributed by atoms with van der Waals surface area (Å²) in [7, 11) is -17.3. The van der Waals surface area contributed by atoms with E-state index in [0.29, 0.717) is 0 Å². The van der Waals surface area contributed by atoms with Crippen LogP contribution < -0.4 is 0 Å². The lowest BCUT2D eigenvalue weighted by Crippen LogP contribution is -2.03. The Kier molecular flexibility index (Phi) is 3.60. The molecule has 1 N–H and O–H groups in total. The molecule has 0 aliphatic rings. The summed E-state index contributed by atoms with van der Waals surface area (Å²) in [6, 6.07) is -0.372. The molecule has 0 heterocycles. The summed E-state index contributed by atoms with van der Waals surface area (Å²) in [5, 5.41) is 9.09. The van der Waals surface area contributed by atoms with Crippen LogP contribution in [0.3, 0.4) is 0 Å². The van der Waals surface area contributed by atoms with E-state index in [4.69, 9.17) is 5.11 Å². The standard InChI is InChI=1S/C6H3F3O7S3/c7-17(11,12)3-1-4(18(8,13)14)6(10)5(2-3)19(9,15)16/h1-2,10H. The molecule has 0 saturated heterocycles. The molecule has 0 aliphatic carbocycles. The van der Waals surface area contributed by atoms with Gasteiger partial charge >= 0.3 is 30.7 Å². The molecular formula is C6H3F3O7S3. The highest BCUT2D eigenvalue weighted by atomic mass is 32.3. The highest BCUT2D eigenvalue weighted by Crippen LogP contribution is 2.35. The Morgan fingerprint density at radius 1 is 0.737 bits per heavy atom. The van der Waals surface area contributed by atoms with Crippen molar-refractivity contribution in [1.82, 2.24) is 0 Å². The van der Waals surface area contributed by atoms with Crippen molar-refractivity contribution >= 4 is 30.7 Å². The Labute approximate surface area is 105 Å². The molecule has 1 aromatic carbocycles. The maximum Gasteiger partial charge on any atom is 0.335 e. The second-order valence-corrected chi connectivity index (χ2v) is 7.06. The molecule has 0 saturated carbocycles. The number of hydrogen-bond donors (Lipinski definition) is 1. The Hall–Kier alpha value is -1.34. The van der Waals surface area contributed by atoms with E-state index >= 15 is 0 Å². The molecular weight excluding hydrogens is 337 g/mol. The number of aromatic hydroxyl groups is 1. The molecule has 0 radical (unpaired) electrons. The fourth-order valence-electron chi connectivity index (χ4n) is 1.07. The summed E-state index contributed by atoms with van der Waals surface area (Å²) >= 11 is 0. The molecule has 19 heavy (non-hydrogen) atoms. The number of hydrogen-bond acceptors (Lipinski definition) is 7. The number of halogens is 3. The summed E-state index contributed by atoms with van der Waals surface area (Å²) in [6.45, 7) is 0. The predicted octanol–water partition coefficient (Wildman–Crippen LogP) is 0.367. The van der Waals surface area contributed by atoms with Crippen LogP contribution in [0.4, 0.5) is 11.7 Å². The monoisotopic (exact) mass is 340 g/mol. The molecule has 0 aromatic heterocycles. The topological polar surface area (TPSA) is 123 Å². The fourth-order valence-corrected chi connectivity index (χ4v) is 3.02. The quantitative estimate of drug-likeness (QED) is 0.788. The van der Waals surface area contributed by atoms with E-state index in [9.17, 15) is 36.9 Å². The van der Waals surface area contributed by atoms with Crippen LogP contribution >= 0.6 is 0 Å². The third-order valence-corrected chi connectivity index (χ3v) is 4.29. The van der Waals surface area contributed by atoms with Crippen molar-refractivity contribution < 1.29 is 42.0 Å². The van der Waals surface area contributed by atoms with Crippen LogP contribution in [0.5, 0.6) is 5.75 Å². The largest absolute Gasteiger partial charge is 0.505 e. The average Bonchev–Trinajstić information content (AvgIpc) is 2.11. The second-order valence-electron chi connectivity index (χ2n) is 3.08. The van der Waals surface area contributed by atoms with Gasteiger partial charge in [-0.3, -0.25) is 0 Å². The van der Waals surface area contributed by atoms with Crippen LogP contribution in [0.1, 0.15) is 0 Å². The minimum atomic E-state index is -5.81. The van der Waals surface area contributed by atoms with Gasteiger partial charge in [0.25, 0.3) is 0 Å². The molecule has 1 rings (SSSR count). The molecule has 0 aliphatic heterocycles. The van der Waals surface area contributed by atoms with Crippen LogP contribution in [0, 0.1) is 0 Å². The summed E-state index contributed by atoms with van der Waals surface area (Å²) in [5.41, 5.74) is 0. The van der Waals surface area contributed by atoms with Gasteiger partial charge < -0.3 is 5.11 Å². The Balaban J connectivity index is 4.00. The smallest absolute Gasteiger partial charge is 0.335 e. The van der Waals surface area contributed by atoms with Crippen LogP contribution in [-0.2, 0) is 30.7 Å². The van der Waals surface area contributed by atoms with E-state index in [1.165, 1.54) is 0 Å². The van der Waals surface area contributed by atoms with Crippen LogP contribution in [0.25, 0.3) is 0 Å². The number of phenolic OH excluding ortho intramolecular Hbond substituents is 1. The van der Waals surface area contributed by atoms with Gasteiger partial charge in [0.1, 0.15) is 14.7 Å². The fraction of sp³-hybridized carbons (Fsp3) is 0. The summed E-state index contributed by atoms with van der Waals surface area (Å²) in [5.74, 6) is -1.89. The number of benzene rings is 1. The van der Waals surface area contributed by atoms with Gasteiger partial charge in [0, 0.05) is 0 Å².